The van der Waals surface area contributed by atoms with Gasteiger partial charge in [0.2, 0.25) is 5.91 Å². The molecule has 4 nitrogen and oxygen atoms in total. The highest BCUT2D eigenvalue weighted by Gasteiger charge is 2.41. The van der Waals surface area contributed by atoms with Gasteiger partial charge in [0, 0.05) is 26.2 Å². The van der Waals surface area contributed by atoms with Gasteiger partial charge in [-0.25, -0.2) is 0 Å². The quantitative estimate of drug-likeness (QED) is 0.817. The van der Waals surface area contributed by atoms with Gasteiger partial charge in [0.05, 0.1) is 12.1 Å². The van der Waals surface area contributed by atoms with Crippen LogP contribution in [0.3, 0.4) is 0 Å². The number of hydrogen-bond acceptors (Lipinski definition) is 3. The molecule has 2 heterocycles. The van der Waals surface area contributed by atoms with Crippen molar-refractivity contribution in [1.29, 1.82) is 0 Å². The number of carbonyl (C=O) groups excluding carboxylic acids is 1. The van der Waals surface area contributed by atoms with Crippen LogP contribution in [0, 0.1) is 5.92 Å². The standard InChI is InChI=1S/C14H26N2O2/c1-3-6-14(18)10-15(11-14)9-13(17)16-7-4-12(2)5-8-16/h12,18H,3-11H2,1-2H3. The zero-order valence-electron chi connectivity index (χ0n) is 11.7. The summed E-state index contributed by atoms with van der Waals surface area (Å²) in [5.74, 6) is 0.994. The highest BCUT2D eigenvalue weighted by atomic mass is 16.3. The molecule has 0 aromatic carbocycles. The third kappa shape index (κ3) is 3.23. The maximum atomic E-state index is 12.1. The van der Waals surface area contributed by atoms with Crippen molar-refractivity contribution >= 4 is 5.91 Å². The Morgan fingerprint density at radius 2 is 1.94 bits per heavy atom. The van der Waals surface area contributed by atoms with E-state index in [4.69, 9.17) is 0 Å². The monoisotopic (exact) mass is 254 g/mol. The lowest BCUT2D eigenvalue weighted by molar-refractivity contribution is -0.143. The van der Waals surface area contributed by atoms with Crippen molar-refractivity contribution in [1.82, 2.24) is 9.80 Å². The van der Waals surface area contributed by atoms with E-state index in [-0.39, 0.29) is 5.91 Å². The molecule has 0 aromatic rings. The molecule has 0 spiro atoms. The van der Waals surface area contributed by atoms with Gasteiger partial charge in [-0.15, -0.1) is 0 Å². The van der Waals surface area contributed by atoms with Crippen LogP contribution in [0.4, 0.5) is 0 Å². The molecule has 1 amide bonds. The molecule has 2 rings (SSSR count). The maximum Gasteiger partial charge on any atom is 0.236 e. The molecule has 4 heteroatoms. The van der Waals surface area contributed by atoms with Crippen molar-refractivity contribution < 1.29 is 9.90 Å². The number of piperidine rings is 1. The summed E-state index contributed by atoms with van der Waals surface area (Å²) in [6, 6.07) is 0. The molecule has 2 saturated heterocycles. The topological polar surface area (TPSA) is 43.8 Å². The van der Waals surface area contributed by atoms with Gasteiger partial charge in [0.25, 0.3) is 0 Å². The number of aliphatic hydroxyl groups is 1. The lowest BCUT2D eigenvalue weighted by atomic mass is 9.89. The summed E-state index contributed by atoms with van der Waals surface area (Å²) in [5, 5.41) is 10.1. The smallest absolute Gasteiger partial charge is 0.236 e. The second-order valence-electron chi connectivity index (χ2n) is 6.18. The SMILES string of the molecule is CCCC1(O)CN(CC(=O)N2CCC(C)CC2)C1. The molecule has 104 valence electrons. The third-order valence-electron chi connectivity index (χ3n) is 4.25. The van der Waals surface area contributed by atoms with Gasteiger partial charge in [0.15, 0.2) is 0 Å². The van der Waals surface area contributed by atoms with E-state index in [2.05, 4.69) is 18.7 Å². The summed E-state index contributed by atoms with van der Waals surface area (Å²) in [7, 11) is 0. The summed E-state index contributed by atoms with van der Waals surface area (Å²) >= 11 is 0. The fourth-order valence-electron chi connectivity index (χ4n) is 3.07. The highest BCUT2D eigenvalue weighted by Crippen LogP contribution is 2.25. The van der Waals surface area contributed by atoms with Gasteiger partial charge in [-0.3, -0.25) is 9.69 Å². The van der Waals surface area contributed by atoms with E-state index in [9.17, 15) is 9.90 Å². The number of likely N-dealkylation sites (tertiary alicyclic amines) is 2. The Bertz CT molecular complexity index is 292. The Morgan fingerprint density at radius 1 is 1.33 bits per heavy atom. The van der Waals surface area contributed by atoms with Crippen molar-refractivity contribution in [3.8, 4) is 0 Å². The van der Waals surface area contributed by atoms with Crippen molar-refractivity contribution in [2.45, 2.75) is 45.1 Å². The van der Waals surface area contributed by atoms with E-state index in [0.717, 1.165) is 44.7 Å². The van der Waals surface area contributed by atoms with Crippen LogP contribution < -0.4 is 0 Å². The van der Waals surface area contributed by atoms with Gasteiger partial charge < -0.3 is 10.0 Å². The molecule has 0 atom stereocenters. The number of nitrogens with zero attached hydrogens (tertiary/aromatic N) is 2. The molecule has 0 aromatic heterocycles. The van der Waals surface area contributed by atoms with Crippen molar-refractivity contribution in [3.63, 3.8) is 0 Å². The van der Waals surface area contributed by atoms with Gasteiger partial charge in [-0.2, -0.15) is 0 Å². The number of hydrogen-bond donors (Lipinski definition) is 1. The molecule has 2 fully saturated rings. The first-order valence-corrected chi connectivity index (χ1v) is 7.25. The van der Waals surface area contributed by atoms with Crippen LogP contribution in [0.15, 0.2) is 0 Å². The fraction of sp³-hybridized carbons (Fsp3) is 0.929. The van der Waals surface area contributed by atoms with Crippen LogP contribution in [0.1, 0.15) is 39.5 Å². The number of β-amino-alcohol motifs (C(OH)–C–C–N with tert-alkyl or cyclic N) is 1. The maximum absolute atomic E-state index is 12.1. The molecule has 2 aliphatic heterocycles. The van der Waals surface area contributed by atoms with Crippen LogP contribution in [0.2, 0.25) is 0 Å². The van der Waals surface area contributed by atoms with Crippen molar-refractivity contribution in [2.75, 3.05) is 32.7 Å². The Labute approximate surface area is 110 Å². The van der Waals surface area contributed by atoms with E-state index < -0.39 is 5.60 Å². The van der Waals surface area contributed by atoms with Crippen LogP contribution in [-0.2, 0) is 4.79 Å². The molecule has 18 heavy (non-hydrogen) atoms. The van der Waals surface area contributed by atoms with E-state index in [1.165, 1.54) is 0 Å². The van der Waals surface area contributed by atoms with E-state index in [1.54, 1.807) is 0 Å². The van der Waals surface area contributed by atoms with E-state index in [0.29, 0.717) is 19.6 Å². The predicted molar refractivity (Wildman–Crippen MR) is 71.3 cm³/mol. The molecular weight excluding hydrogens is 228 g/mol. The van der Waals surface area contributed by atoms with Crippen LogP contribution >= 0.6 is 0 Å². The summed E-state index contributed by atoms with van der Waals surface area (Å²) in [5.41, 5.74) is -0.522. The highest BCUT2D eigenvalue weighted by molar-refractivity contribution is 5.78. The average molecular weight is 254 g/mol. The summed E-state index contributed by atoms with van der Waals surface area (Å²) < 4.78 is 0. The van der Waals surface area contributed by atoms with Gasteiger partial charge in [-0.1, -0.05) is 20.3 Å². The number of rotatable bonds is 4. The Kier molecular flexibility index (Phi) is 4.28. The largest absolute Gasteiger partial charge is 0.387 e. The molecule has 0 unspecified atom stereocenters. The van der Waals surface area contributed by atoms with Gasteiger partial charge in [0.1, 0.15) is 0 Å². The van der Waals surface area contributed by atoms with Crippen LogP contribution in [0.5, 0.6) is 0 Å². The first-order valence-electron chi connectivity index (χ1n) is 7.25. The minimum Gasteiger partial charge on any atom is -0.387 e. The van der Waals surface area contributed by atoms with E-state index in [1.807, 2.05) is 4.90 Å². The Morgan fingerprint density at radius 3 is 2.50 bits per heavy atom. The lowest BCUT2D eigenvalue weighted by Gasteiger charge is -2.47. The van der Waals surface area contributed by atoms with E-state index >= 15 is 0 Å². The van der Waals surface area contributed by atoms with Gasteiger partial charge >= 0.3 is 0 Å². The molecule has 0 bridgehead atoms. The minimum absolute atomic E-state index is 0.237. The summed E-state index contributed by atoms with van der Waals surface area (Å²) in [6.07, 6.45) is 4.11. The average Bonchev–Trinajstić information content (AvgIpc) is 2.28. The zero-order valence-corrected chi connectivity index (χ0v) is 11.7. The second kappa shape index (κ2) is 5.57. The normalized spacial score (nSPS) is 24.9. The van der Waals surface area contributed by atoms with Crippen molar-refractivity contribution in [3.05, 3.63) is 0 Å². The van der Waals surface area contributed by atoms with Gasteiger partial charge in [-0.05, 0) is 25.2 Å². The Balaban J connectivity index is 1.70. The molecule has 2 aliphatic rings. The predicted octanol–water partition coefficient (Wildman–Crippen LogP) is 1.09. The summed E-state index contributed by atoms with van der Waals surface area (Å²) in [4.78, 5) is 16.1. The fourth-order valence-corrected chi connectivity index (χ4v) is 3.07. The molecule has 0 saturated carbocycles. The van der Waals surface area contributed by atoms with Crippen LogP contribution in [0.25, 0.3) is 0 Å². The third-order valence-corrected chi connectivity index (χ3v) is 4.25. The molecule has 1 N–H and O–H groups in total. The first kappa shape index (κ1) is 13.8. The zero-order chi connectivity index (χ0) is 13.2. The lowest BCUT2D eigenvalue weighted by Crippen LogP contribution is -2.63. The summed E-state index contributed by atoms with van der Waals surface area (Å²) in [6.45, 7) is 7.97. The first-order chi connectivity index (χ1) is 8.52. The minimum atomic E-state index is -0.522. The Hall–Kier alpha value is -0.610. The number of carbonyl (C=O) groups is 1. The van der Waals surface area contributed by atoms with Crippen molar-refractivity contribution in [2.24, 2.45) is 5.92 Å². The van der Waals surface area contributed by atoms with Crippen LogP contribution in [-0.4, -0.2) is 59.1 Å². The second-order valence-corrected chi connectivity index (χ2v) is 6.18. The molecule has 0 aliphatic carbocycles. The number of amides is 1. The molecular formula is C14H26N2O2. The molecule has 0 radical (unpaired) electrons.